The number of hydrogen-bond acceptors (Lipinski definition) is 2. The molecule has 1 unspecified atom stereocenters. The molecule has 0 aliphatic heterocycles. The molecule has 2 aromatic carbocycles. The highest BCUT2D eigenvalue weighted by Crippen LogP contribution is 2.36. The molecule has 2 rings (SSSR count). The monoisotopic (exact) mass is 344 g/mol. The van der Waals surface area contributed by atoms with Gasteiger partial charge in [0.25, 0.3) is 0 Å². The summed E-state index contributed by atoms with van der Waals surface area (Å²) in [5.41, 5.74) is 1.85. The Morgan fingerprint density at radius 3 is 2.38 bits per heavy atom. The van der Waals surface area contributed by atoms with E-state index >= 15 is 0 Å². The fourth-order valence-electron chi connectivity index (χ4n) is 2.09. The lowest BCUT2D eigenvalue weighted by Gasteiger charge is -2.14. The van der Waals surface area contributed by atoms with E-state index in [0.717, 1.165) is 11.1 Å². The summed E-state index contributed by atoms with van der Waals surface area (Å²) >= 11 is 18.7. The van der Waals surface area contributed by atoms with E-state index in [1.54, 1.807) is 20.3 Å². The minimum absolute atomic E-state index is 0.269. The highest BCUT2D eigenvalue weighted by atomic mass is 35.5. The maximum absolute atomic E-state index is 6.47. The highest BCUT2D eigenvalue weighted by Gasteiger charge is 2.15. The van der Waals surface area contributed by atoms with Crippen LogP contribution in [0.2, 0.25) is 10.0 Å². The third kappa shape index (κ3) is 3.76. The van der Waals surface area contributed by atoms with Crippen LogP contribution in [0.4, 0.5) is 0 Å². The standard InChI is InChI=1S/C16H15Cl3O2/c1-20-14-7-6-10(9-15(14)21-2)8-13(18)11-4-3-5-12(17)16(11)19/h3-7,9,13H,8H2,1-2H3. The molecule has 112 valence electrons. The summed E-state index contributed by atoms with van der Waals surface area (Å²) in [7, 11) is 3.21. The SMILES string of the molecule is COc1ccc(CC(Cl)c2cccc(Cl)c2Cl)cc1OC. The van der Waals surface area contributed by atoms with E-state index < -0.39 is 0 Å². The van der Waals surface area contributed by atoms with Crippen molar-refractivity contribution in [3.8, 4) is 11.5 Å². The minimum atomic E-state index is -0.269. The molecular weight excluding hydrogens is 331 g/mol. The quantitative estimate of drug-likeness (QED) is 0.663. The number of methoxy groups -OCH3 is 2. The summed E-state index contributed by atoms with van der Waals surface area (Å²) < 4.78 is 10.5. The molecule has 1 atom stereocenters. The van der Waals surface area contributed by atoms with E-state index in [1.807, 2.05) is 30.3 Å². The first-order valence-electron chi connectivity index (χ1n) is 6.35. The van der Waals surface area contributed by atoms with Crippen LogP contribution < -0.4 is 9.47 Å². The molecule has 0 radical (unpaired) electrons. The van der Waals surface area contributed by atoms with Crippen LogP contribution in [0.15, 0.2) is 36.4 Å². The molecule has 0 bridgehead atoms. The van der Waals surface area contributed by atoms with Crippen molar-refractivity contribution >= 4 is 34.8 Å². The molecule has 0 amide bonds. The highest BCUT2D eigenvalue weighted by molar-refractivity contribution is 6.43. The molecule has 0 fully saturated rings. The van der Waals surface area contributed by atoms with Gasteiger partial charge in [0.1, 0.15) is 0 Å². The summed E-state index contributed by atoms with van der Waals surface area (Å²) in [5.74, 6) is 1.37. The fraction of sp³-hybridized carbons (Fsp3) is 0.250. The summed E-state index contributed by atoms with van der Waals surface area (Å²) in [4.78, 5) is 0. The lowest BCUT2D eigenvalue weighted by atomic mass is 10.0. The van der Waals surface area contributed by atoms with Gasteiger partial charge in [0.05, 0.1) is 29.6 Å². The third-order valence-electron chi connectivity index (χ3n) is 3.18. The van der Waals surface area contributed by atoms with Gasteiger partial charge in [-0.3, -0.25) is 0 Å². The minimum Gasteiger partial charge on any atom is -0.493 e. The smallest absolute Gasteiger partial charge is 0.160 e. The van der Waals surface area contributed by atoms with Crippen LogP contribution >= 0.6 is 34.8 Å². The van der Waals surface area contributed by atoms with Gasteiger partial charge in [-0.1, -0.05) is 41.4 Å². The number of ether oxygens (including phenoxy) is 2. The molecule has 5 heteroatoms. The Morgan fingerprint density at radius 2 is 1.71 bits per heavy atom. The molecule has 0 saturated heterocycles. The van der Waals surface area contributed by atoms with Crippen molar-refractivity contribution in [2.24, 2.45) is 0 Å². The Balaban J connectivity index is 2.23. The van der Waals surface area contributed by atoms with E-state index in [9.17, 15) is 0 Å². The van der Waals surface area contributed by atoms with Crippen molar-refractivity contribution in [3.05, 3.63) is 57.6 Å². The normalized spacial score (nSPS) is 12.0. The summed E-state index contributed by atoms with van der Waals surface area (Å²) in [6, 6.07) is 11.2. The Hall–Kier alpha value is -1.09. The Kier molecular flexibility index (Phi) is 5.63. The van der Waals surface area contributed by atoms with Crippen LogP contribution in [-0.2, 0) is 6.42 Å². The molecule has 0 aliphatic rings. The van der Waals surface area contributed by atoms with Crippen molar-refractivity contribution in [3.63, 3.8) is 0 Å². The first-order valence-corrected chi connectivity index (χ1v) is 7.55. The zero-order valence-electron chi connectivity index (χ0n) is 11.7. The second-order valence-electron chi connectivity index (χ2n) is 4.50. The molecule has 2 aromatic rings. The van der Waals surface area contributed by atoms with Crippen LogP contribution in [0.3, 0.4) is 0 Å². The van der Waals surface area contributed by atoms with E-state index in [1.165, 1.54) is 0 Å². The first-order chi connectivity index (χ1) is 10.1. The molecule has 2 nitrogen and oxygen atoms in total. The largest absolute Gasteiger partial charge is 0.493 e. The lowest BCUT2D eigenvalue weighted by molar-refractivity contribution is 0.354. The van der Waals surface area contributed by atoms with Gasteiger partial charge in [0.2, 0.25) is 0 Å². The van der Waals surface area contributed by atoms with Crippen molar-refractivity contribution in [1.29, 1.82) is 0 Å². The van der Waals surface area contributed by atoms with Crippen LogP contribution in [0, 0.1) is 0 Å². The van der Waals surface area contributed by atoms with E-state index in [2.05, 4.69) is 0 Å². The van der Waals surface area contributed by atoms with Crippen molar-refractivity contribution in [2.45, 2.75) is 11.8 Å². The van der Waals surface area contributed by atoms with Crippen LogP contribution in [0.5, 0.6) is 11.5 Å². The van der Waals surface area contributed by atoms with Gasteiger partial charge < -0.3 is 9.47 Å². The maximum atomic E-state index is 6.47. The van der Waals surface area contributed by atoms with Crippen molar-refractivity contribution in [2.75, 3.05) is 14.2 Å². The van der Waals surface area contributed by atoms with E-state index in [4.69, 9.17) is 44.3 Å². The van der Waals surface area contributed by atoms with Gasteiger partial charge >= 0.3 is 0 Å². The van der Waals surface area contributed by atoms with Crippen LogP contribution in [-0.4, -0.2) is 14.2 Å². The topological polar surface area (TPSA) is 18.5 Å². The summed E-state index contributed by atoms with van der Waals surface area (Å²) in [5, 5.41) is 0.737. The number of hydrogen-bond donors (Lipinski definition) is 0. The Labute approximate surface area is 139 Å². The molecule has 0 spiro atoms. The Morgan fingerprint density at radius 1 is 1.00 bits per heavy atom. The van der Waals surface area contributed by atoms with Gasteiger partial charge in [-0.25, -0.2) is 0 Å². The van der Waals surface area contributed by atoms with Gasteiger partial charge in [-0.05, 0) is 35.7 Å². The molecule has 0 N–H and O–H groups in total. The average Bonchev–Trinajstić information content (AvgIpc) is 2.49. The molecule has 0 aliphatic carbocycles. The first kappa shape index (κ1) is 16.3. The van der Waals surface area contributed by atoms with Crippen molar-refractivity contribution < 1.29 is 9.47 Å². The molecule has 0 aromatic heterocycles. The lowest BCUT2D eigenvalue weighted by Crippen LogP contribution is -1.99. The van der Waals surface area contributed by atoms with E-state index in [0.29, 0.717) is 28.0 Å². The van der Waals surface area contributed by atoms with Gasteiger partial charge in [0, 0.05) is 0 Å². The van der Waals surface area contributed by atoms with Crippen LogP contribution in [0.1, 0.15) is 16.5 Å². The molecular formula is C16H15Cl3O2. The molecule has 0 heterocycles. The number of halogens is 3. The zero-order valence-corrected chi connectivity index (χ0v) is 14.0. The van der Waals surface area contributed by atoms with Gasteiger partial charge in [-0.15, -0.1) is 11.6 Å². The number of rotatable bonds is 5. The van der Waals surface area contributed by atoms with Gasteiger partial charge in [-0.2, -0.15) is 0 Å². The van der Waals surface area contributed by atoms with Crippen molar-refractivity contribution in [1.82, 2.24) is 0 Å². The molecule has 0 saturated carbocycles. The second kappa shape index (κ2) is 7.26. The maximum Gasteiger partial charge on any atom is 0.160 e. The third-order valence-corrected chi connectivity index (χ3v) is 4.40. The number of benzene rings is 2. The Bertz CT molecular complexity index is 629. The number of alkyl halides is 1. The second-order valence-corrected chi connectivity index (χ2v) is 5.82. The van der Waals surface area contributed by atoms with Gasteiger partial charge in [0.15, 0.2) is 11.5 Å². The van der Waals surface area contributed by atoms with E-state index in [-0.39, 0.29) is 5.38 Å². The molecule has 21 heavy (non-hydrogen) atoms. The van der Waals surface area contributed by atoms with Crippen LogP contribution in [0.25, 0.3) is 0 Å². The predicted octanol–water partition coefficient (Wildman–Crippen LogP) is 5.53. The fourth-order valence-corrected chi connectivity index (χ4v) is 2.94. The average molecular weight is 346 g/mol. The summed E-state index contributed by atoms with van der Waals surface area (Å²) in [6.07, 6.45) is 0.613. The zero-order chi connectivity index (χ0) is 15.4. The summed E-state index contributed by atoms with van der Waals surface area (Å²) in [6.45, 7) is 0. The predicted molar refractivity (Wildman–Crippen MR) is 88.3 cm³/mol.